The van der Waals surface area contributed by atoms with Crippen molar-refractivity contribution < 1.29 is 18.9 Å². The Bertz CT molecular complexity index is 1560. The summed E-state index contributed by atoms with van der Waals surface area (Å²) < 4.78 is 24.4. The number of nitrogens with one attached hydrogen (secondary N) is 1. The molecule has 0 spiro atoms. The van der Waals surface area contributed by atoms with Crippen LogP contribution in [0.15, 0.2) is 73.3 Å². The summed E-state index contributed by atoms with van der Waals surface area (Å²) in [6, 6.07) is 23.3. The summed E-state index contributed by atoms with van der Waals surface area (Å²) in [6.07, 6.45) is 6.15. The Morgan fingerprint density at radius 1 is 1.09 bits per heavy atom. The van der Waals surface area contributed by atoms with Crippen LogP contribution < -0.4 is 15.6 Å². The van der Waals surface area contributed by atoms with Crippen LogP contribution in [0.3, 0.4) is 0 Å². The Labute approximate surface area is 260 Å². The van der Waals surface area contributed by atoms with E-state index in [-0.39, 0.29) is 25.0 Å². The SMILES string of the molecule is C[Si](C[C@H]1O[P@@](O[C@@H]2C[C@H](n3cnc4c(NB5[B]C5)ncnc43)O[C@@H]2CO)N2CCC[C@@H]12)(c1ccccc1)c1ccccc1. The average molecular weight is 625 g/mol. The Morgan fingerprint density at radius 3 is 2.55 bits per heavy atom. The van der Waals surface area contributed by atoms with Gasteiger partial charge in [-0.2, -0.15) is 0 Å². The average Bonchev–Trinajstić information content (AvgIpc) is 3.40. The topological polar surface area (TPSA) is 107 Å². The second kappa shape index (κ2) is 11.9. The molecule has 4 aliphatic rings. The van der Waals surface area contributed by atoms with Crippen molar-refractivity contribution in [1.82, 2.24) is 24.2 Å². The lowest BCUT2D eigenvalue weighted by Gasteiger charge is -2.32. The van der Waals surface area contributed by atoms with E-state index in [0.717, 1.165) is 43.0 Å². The minimum absolute atomic E-state index is 0.0929. The van der Waals surface area contributed by atoms with Crippen LogP contribution in [0.25, 0.3) is 11.2 Å². The number of hydrogen-bond donors (Lipinski definition) is 2. The van der Waals surface area contributed by atoms with Crippen molar-refractivity contribution in [1.29, 1.82) is 0 Å². The first-order valence-electron chi connectivity index (χ1n) is 15.7. The molecule has 2 aromatic carbocycles. The number of hydrogen-bond acceptors (Lipinski definition) is 9. The van der Waals surface area contributed by atoms with E-state index < -0.39 is 22.7 Å². The van der Waals surface area contributed by atoms with Gasteiger partial charge < -0.3 is 24.1 Å². The van der Waals surface area contributed by atoms with E-state index in [1.807, 2.05) is 4.57 Å². The van der Waals surface area contributed by atoms with E-state index in [2.05, 4.69) is 99.2 Å². The molecule has 4 aliphatic heterocycles. The summed E-state index contributed by atoms with van der Waals surface area (Å²) in [5.41, 5.74) is 1.43. The number of fused-ring (bicyclic) bond motifs is 2. The molecule has 0 saturated carbocycles. The second-order valence-electron chi connectivity index (χ2n) is 12.5. The summed E-state index contributed by atoms with van der Waals surface area (Å²) in [7, 11) is -1.19. The largest absolute Gasteiger partial charge is 0.419 e. The maximum atomic E-state index is 10.3. The number of rotatable bonds is 10. The van der Waals surface area contributed by atoms with Crippen molar-refractivity contribution in [2.75, 3.05) is 18.4 Å². The molecule has 0 amide bonds. The van der Waals surface area contributed by atoms with E-state index in [4.69, 9.17) is 13.8 Å². The fraction of sp³-hybridized carbons (Fsp3) is 0.433. The van der Waals surface area contributed by atoms with Gasteiger partial charge in [-0.15, -0.1) is 0 Å². The monoisotopic (exact) mass is 625 g/mol. The van der Waals surface area contributed by atoms with Crippen molar-refractivity contribution in [2.24, 2.45) is 0 Å². The smallest absolute Gasteiger partial charge is 0.259 e. The van der Waals surface area contributed by atoms with Gasteiger partial charge in [-0.05, 0) is 18.9 Å². The number of benzene rings is 2. The van der Waals surface area contributed by atoms with Crippen LogP contribution in [-0.4, -0.2) is 88.8 Å². The highest BCUT2D eigenvalue weighted by molar-refractivity contribution is 7.45. The Kier molecular flexibility index (Phi) is 7.82. The molecule has 14 heteroatoms. The summed E-state index contributed by atoms with van der Waals surface area (Å²) in [5.74, 6) is 0.729. The van der Waals surface area contributed by atoms with Crippen LogP contribution in [0.5, 0.6) is 0 Å². The molecular formula is C30H36B2N6O4PSi. The molecule has 8 rings (SSSR count). The number of nitrogens with zero attached hydrogens (tertiary/aromatic N) is 5. The summed E-state index contributed by atoms with van der Waals surface area (Å²) in [5, 5.41) is 16.6. The zero-order chi connectivity index (χ0) is 29.7. The predicted molar refractivity (Wildman–Crippen MR) is 176 cm³/mol. The molecule has 0 unspecified atom stereocenters. The molecule has 0 aliphatic carbocycles. The van der Waals surface area contributed by atoms with Crippen LogP contribution in [0.4, 0.5) is 5.82 Å². The van der Waals surface area contributed by atoms with Crippen molar-refractivity contribution in [2.45, 2.75) is 68.7 Å². The van der Waals surface area contributed by atoms with Crippen molar-refractivity contribution in [3.8, 4) is 0 Å². The zero-order valence-electron chi connectivity index (χ0n) is 24.8. The van der Waals surface area contributed by atoms with Gasteiger partial charge in [0.05, 0.1) is 32.3 Å². The molecule has 0 bridgehead atoms. The van der Waals surface area contributed by atoms with E-state index >= 15 is 0 Å². The van der Waals surface area contributed by atoms with E-state index in [1.165, 1.54) is 10.4 Å². The lowest BCUT2D eigenvalue weighted by Crippen LogP contribution is -2.58. The summed E-state index contributed by atoms with van der Waals surface area (Å²) in [6.45, 7) is 3.66. The lowest BCUT2D eigenvalue weighted by atomic mass is 9.67. The predicted octanol–water partition coefficient (Wildman–Crippen LogP) is 3.05. The second-order valence-corrected chi connectivity index (χ2v) is 18.1. The number of aromatic nitrogens is 4. The number of aliphatic hydroxyl groups is 1. The van der Waals surface area contributed by atoms with Crippen LogP contribution >= 0.6 is 8.53 Å². The molecule has 6 heterocycles. The van der Waals surface area contributed by atoms with Gasteiger partial charge in [0.2, 0.25) is 0 Å². The molecule has 6 atom stereocenters. The molecule has 1 radical (unpaired) electrons. The molecule has 225 valence electrons. The fourth-order valence-electron chi connectivity index (χ4n) is 7.07. The molecule has 44 heavy (non-hydrogen) atoms. The van der Waals surface area contributed by atoms with E-state index in [1.54, 1.807) is 12.7 Å². The first kappa shape index (κ1) is 28.8. The number of ether oxygens (including phenoxy) is 1. The molecule has 2 N–H and O–H groups in total. The number of imidazole rings is 1. The highest BCUT2D eigenvalue weighted by Crippen LogP contribution is 2.58. The quantitative estimate of drug-likeness (QED) is 0.203. The maximum absolute atomic E-state index is 10.3. The van der Waals surface area contributed by atoms with Crippen molar-refractivity contribution in [3.05, 3.63) is 73.3 Å². The fourth-order valence-corrected chi connectivity index (χ4v) is 13.0. The van der Waals surface area contributed by atoms with Crippen LogP contribution in [0.2, 0.25) is 18.8 Å². The standard InChI is InChI=1S/C30H36B2N6O4PSi/c1-44(21-9-4-2-5-10-21,22-11-6-3-7-12-22)17-26-23-13-8-14-38(23)43(42-26)41-24-15-27(40-25(24)16-39)37-20-35-28-29(36-32-18-31-32)33-19-34-30(28)37/h2-7,9-12,19-20,23-27,39H,8,13-18H2,1H3,(H,33,34,36)/t23-,24+,25+,26+,27+,43+/m0/s1. The van der Waals surface area contributed by atoms with Crippen LogP contribution in [-0.2, 0) is 13.8 Å². The minimum Gasteiger partial charge on any atom is -0.419 e. The van der Waals surface area contributed by atoms with Crippen LogP contribution in [0.1, 0.15) is 25.5 Å². The number of anilines is 1. The zero-order valence-corrected chi connectivity index (χ0v) is 26.7. The van der Waals surface area contributed by atoms with E-state index in [0.29, 0.717) is 24.8 Å². The lowest BCUT2D eigenvalue weighted by molar-refractivity contribution is -0.0400. The first-order chi connectivity index (χ1) is 21.6. The Hall–Kier alpha value is -2.63. The molecule has 4 fully saturated rings. The van der Waals surface area contributed by atoms with Gasteiger partial charge in [-0.25, -0.2) is 19.6 Å². The Balaban J connectivity index is 1.01. The Morgan fingerprint density at radius 2 is 1.84 bits per heavy atom. The first-order valence-corrected chi connectivity index (χ1v) is 19.5. The van der Waals surface area contributed by atoms with Crippen molar-refractivity contribution in [3.63, 3.8) is 0 Å². The van der Waals surface area contributed by atoms with Gasteiger partial charge in [-0.1, -0.05) is 83.8 Å². The van der Waals surface area contributed by atoms with Gasteiger partial charge in [0.1, 0.15) is 38.1 Å². The maximum Gasteiger partial charge on any atom is 0.259 e. The third kappa shape index (κ3) is 5.32. The number of aliphatic hydroxyl groups excluding tert-OH is 1. The summed E-state index contributed by atoms with van der Waals surface area (Å²) >= 11 is 0. The third-order valence-electron chi connectivity index (χ3n) is 9.61. The molecular weight excluding hydrogens is 589 g/mol. The van der Waals surface area contributed by atoms with Gasteiger partial charge in [0.25, 0.3) is 8.53 Å². The van der Waals surface area contributed by atoms with Gasteiger partial charge in [0.15, 0.2) is 12.4 Å². The molecule has 4 saturated heterocycles. The third-order valence-corrected chi connectivity index (χ3v) is 15.9. The highest BCUT2D eigenvalue weighted by Gasteiger charge is 2.52. The minimum atomic E-state index is -2.10. The van der Waals surface area contributed by atoms with E-state index in [9.17, 15) is 5.11 Å². The highest BCUT2D eigenvalue weighted by atomic mass is 31.2. The normalized spacial score (nSPS) is 28.4. The summed E-state index contributed by atoms with van der Waals surface area (Å²) in [4.78, 5) is 13.5. The van der Waals surface area contributed by atoms with Gasteiger partial charge in [-0.3, -0.25) is 4.57 Å². The molecule has 2 aromatic heterocycles. The van der Waals surface area contributed by atoms with Gasteiger partial charge >= 0.3 is 0 Å². The molecule has 4 aromatic rings. The van der Waals surface area contributed by atoms with Gasteiger partial charge in [0, 0.05) is 19.0 Å². The van der Waals surface area contributed by atoms with Crippen molar-refractivity contribution >= 4 is 57.9 Å². The van der Waals surface area contributed by atoms with Crippen LogP contribution in [0, 0.1) is 0 Å². The molecule has 10 nitrogen and oxygen atoms in total.